The Kier molecular flexibility index (Phi) is 7.39. The van der Waals surface area contributed by atoms with Crippen molar-refractivity contribution < 1.29 is 19.1 Å². The third-order valence-electron chi connectivity index (χ3n) is 5.26. The van der Waals surface area contributed by atoms with E-state index in [0.29, 0.717) is 43.0 Å². The van der Waals surface area contributed by atoms with Crippen molar-refractivity contribution >= 4 is 34.5 Å². The van der Waals surface area contributed by atoms with Gasteiger partial charge in [-0.15, -0.1) is 22.7 Å². The SMILES string of the molecule is CCC(CCC(=O)N(Cc1cccs1)Cc1nccs1)NC(=O)c1ccc2c(c1)OCO2. The van der Waals surface area contributed by atoms with E-state index < -0.39 is 0 Å². The van der Waals surface area contributed by atoms with Crippen LogP contribution >= 0.6 is 22.7 Å². The van der Waals surface area contributed by atoms with Crippen LogP contribution < -0.4 is 14.8 Å². The van der Waals surface area contributed by atoms with Crippen LogP contribution in [0, 0.1) is 0 Å². The van der Waals surface area contributed by atoms with E-state index >= 15 is 0 Å². The smallest absolute Gasteiger partial charge is 0.251 e. The molecule has 0 fully saturated rings. The predicted molar refractivity (Wildman–Crippen MR) is 124 cm³/mol. The molecule has 0 radical (unpaired) electrons. The van der Waals surface area contributed by atoms with Gasteiger partial charge in [0.05, 0.1) is 13.1 Å². The number of hydrogen-bond donors (Lipinski definition) is 1. The molecule has 168 valence electrons. The molecule has 3 heterocycles. The molecular formula is C23H25N3O4S2. The van der Waals surface area contributed by atoms with Crippen LogP contribution in [0.5, 0.6) is 11.5 Å². The maximum atomic E-state index is 13.1. The molecule has 0 spiro atoms. The first-order valence-corrected chi connectivity index (χ1v) is 12.3. The number of amides is 2. The van der Waals surface area contributed by atoms with Crippen LogP contribution in [0.4, 0.5) is 0 Å². The van der Waals surface area contributed by atoms with E-state index in [-0.39, 0.29) is 24.6 Å². The van der Waals surface area contributed by atoms with Crippen LogP contribution in [0.2, 0.25) is 0 Å². The molecule has 2 amide bonds. The van der Waals surface area contributed by atoms with Crippen LogP contribution in [-0.2, 0) is 17.9 Å². The zero-order chi connectivity index (χ0) is 22.3. The molecule has 9 heteroatoms. The van der Waals surface area contributed by atoms with Crippen molar-refractivity contribution in [1.82, 2.24) is 15.2 Å². The molecule has 1 unspecified atom stereocenters. The van der Waals surface area contributed by atoms with Crippen molar-refractivity contribution in [2.45, 2.75) is 45.3 Å². The Morgan fingerprint density at radius 3 is 2.78 bits per heavy atom. The van der Waals surface area contributed by atoms with Gasteiger partial charge in [-0.1, -0.05) is 13.0 Å². The highest BCUT2D eigenvalue weighted by Gasteiger charge is 2.21. The first-order chi connectivity index (χ1) is 15.6. The number of benzene rings is 1. The number of hydrogen-bond acceptors (Lipinski definition) is 7. The van der Waals surface area contributed by atoms with E-state index in [1.54, 1.807) is 47.1 Å². The maximum absolute atomic E-state index is 13.1. The Balaban J connectivity index is 1.34. The molecule has 1 N–H and O–H groups in total. The topological polar surface area (TPSA) is 80.8 Å². The van der Waals surface area contributed by atoms with Gasteiger partial charge in [-0.05, 0) is 42.5 Å². The Hall–Kier alpha value is -2.91. The number of ether oxygens (including phenoxy) is 2. The monoisotopic (exact) mass is 471 g/mol. The molecule has 4 rings (SSSR count). The third-order valence-corrected chi connectivity index (χ3v) is 6.88. The molecule has 32 heavy (non-hydrogen) atoms. The zero-order valence-electron chi connectivity index (χ0n) is 17.8. The lowest BCUT2D eigenvalue weighted by Gasteiger charge is -2.23. The van der Waals surface area contributed by atoms with Gasteiger partial charge in [0.15, 0.2) is 11.5 Å². The average molecular weight is 472 g/mol. The predicted octanol–water partition coefficient (Wildman–Crippen LogP) is 4.45. The van der Waals surface area contributed by atoms with Crippen molar-refractivity contribution in [1.29, 1.82) is 0 Å². The highest BCUT2D eigenvalue weighted by Crippen LogP contribution is 2.32. The molecule has 0 saturated carbocycles. The first kappa shape index (κ1) is 22.3. The molecule has 2 aromatic heterocycles. The molecule has 7 nitrogen and oxygen atoms in total. The summed E-state index contributed by atoms with van der Waals surface area (Å²) < 4.78 is 10.7. The number of carbonyl (C=O) groups is 2. The zero-order valence-corrected chi connectivity index (χ0v) is 19.4. The number of nitrogens with zero attached hydrogens (tertiary/aromatic N) is 2. The van der Waals surface area contributed by atoms with Crippen LogP contribution in [0.25, 0.3) is 0 Å². The largest absolute Gasteiger partial charge is 0.454 e. The van der Waals surface area contributed by atoms with Gasteiger partial charge in [0.2, 0.25) is 12.7 Å². The summed E-state index contributed by atoms with van der Waals surface area (Å²) in [5.74, 6) is 1.10. The van der Waals surface area contributed by atoms with E-state index in [1.165, 1.54) is 0 Å². The number of rotatable bonds is 10. The highest BCUT2D eigenvalue weighted by molar-refractivity contribution is 7.10. The van der Waals surface area contributed by atoms with E-state index in [4.69, 9.17) is 9.47 Å². The van der Waals surface area contributed by atoms with E-state index in [0.717, 1.165) is 16.3 Å². The van der Waals surface area contributed by atoms with Crippen molar-refractivity contribution in [2.75, 3.05) is 6.79 Å². The quantitative estimate of drug-likeness (QED) is 0.472. The summed E-state index contributed by atoms with van der Waals surface area (Å²) in [6.07, 6.45) is 3.43. The van der Waals surface area contributed by atoms with Gasteiger partial charge in [0.25, 0.3) is 5.91 Å². The van der Waals surface area contributed by atoms with Crippen molar-refractivity contribution in [3.05, 3.63) is 62.7 Å². The molecule has 3 aromatic rings. The van der Waals surface area contributed by atoms with Crippen molar-refractivity contribution in [3.8, 4) is 11.5 Å². The Labute approximate surface area is 195 Å². The van der Waals surface area contributed by atoms with Crippen LogP contribution in [0.1, 0.15) is 46.4 Å². The van der Waals surface area contributed by atoms with Gasteiger partial charge in [-0.25, -0.2) is 4.98 Å². The average Bonchev–Trinajstić information content (AvgIpc) is 3.58. The van der Waals surface area contributed by atoms with Gasteiger partial charge < -0.3 is 19.7 Å². The summed E-state index contributed by atoms with van der Waals surface area (Å²) >= 11 is 3.18. The second-order valence-electron chi connectivity index (χ2n) is 7.44. The number of thiazole rings is 1. The Morgan fingerprint density at radius 2 is 2.03 bits per heavy atom. The van der Waals surface area contributed by atoms with Crippen LogP contribution in [0.15, 0.2) is 47.3 Å². The first-order valence-electron chi connectivity index (χ1n) is 10.5. The summed E-state index contributed by atoms with van der Waals surface area (Å²) in [6, 6.07) is 9.07. The molecule has 0 aliphatic carbocycles. The standard InChI is InChI=1S/C23H25N3O4S2/c1-2-17(25-23(28)16-5-7-19-20(12-16)30-15-29-19)6-8-22(27)26(13-18-4-3-10-31-18)14-21-24-9-11-32-21/h3-5,7,9-12,17H,2,6,8,13-15H2,1H3,(H,25,28). The number of aromatic nitrogens is 1. The second-order valence-corrected chi connectivity index (χ2v) is 9.45. The van der Waals surface area contributed by atoms with E-state index in [2.05, 4.69) is 10.3 Å². The lowest BCUT2D eigenvalue weighted by Crippen LogP contribution is -2.36. The lowest BCUT2D eigenvalue weighted by molar-refractivity contribution is -0.132. The van der Waals surface area contributed by atoms with Gasteiger partial charge in [0.1, 0.15) is 5.01 Å². The third kappa shape index (κ3) is 5.66. The van der Waals surface area contributed by atoms with Gasteiger partial charge >= 0.3 is 0 Å². The van der Waals surface area contributed by atoms with Crippen LogP contribution in [0.3, 0.4) is 0 Å². The van der Waals surface area contributed by atoms with Gasteiger partial charge in [0, 0.05) is 34.5 Å². The Morgan fingerprint density at radius 1 is 1.16 bits per heavy atom. The minimum Gasteiger partial charge on any atom is -0.454 e. The maximum Gasteiger partial charge on any atom is 0.251 e. The summed E-state index contributed by atoms with van der Waals surface area (Å²) in [4.78, 5) is 33.1. The molecule has 0 bridgehead atoms. The number of nitrogens with one attached hydrogen (secondary N) is 1. The van der Waals surface area contributed by atoms with Gasteiger partial charge in [-0.2, -0.15) is 0 Å². The fourth-order valence-electron chi connectivity index (χ4n) is 3.46. The summed E-state index contributed by atoms with van der Waals surface area (Å²) in [6.45, 7) is 3.24. The second kappa shape index (κ2) is 10.6. The summed E-state index contributed by atoms with van der Waals surface area (Å²) in [7, 11) is 0. The Bertz CT molecular complexity index is 1000. The van der Waals surface area contributed by atoms with Crippen molar-refractivity contribution in [2.24, 2.45) is 0 Å². The minimum atomic E-state index is -0.180. The number of fused-ring (bicyclic) bond motifs is 1. The van der Waals surface area contributed by atoms with Crippen LogP contribution in [-0.4, -0.2) is 34.5 Å². The van der Waals surface area contributed by atoms with E-state index in [9.17, 15) is 9.59 Å². The highest BCUT2D eigenvalue weighted by atomic mass is 32.1. The molecule has 1 aromatic carbocycles. The van der Waals surface area contributed by atoms with Gasteiger partial charge in [-0.3, -0.25) is 9.59 Å². The summed E-state index contributed by atoms with van der Waals surface area (Å²) in [5, 5.41) is 7.89. The molecule has 1 atom stereocenters. The lowest BCUT2D eigenvalue weighted by atomic mass is 10.1. The molecule has 1 aliphatic heterocycles. The fourth-order valence-corrected chi connectivity index (χ4v) is 4.81. The molecular weight excluding hydrogens is 446 g/mol. The normalized spacial score (nSPS) is 13.0. The number of thiophene rings is 1. The van der Waals surface area contributed by atoms with E-state index in [1.807, 2.05) is 34.7 Å². The summed E-state index contributed by atoms with van der Waals surface area (Å²) in [5.41, 5.74) is 0.516. The number of carbonyl (C=O) groups excluding carboxylic acids is 2. The fraction of sp³-hybridized carbons (Fsp3) is 0.348. The molecule has 0 saturated heterocycles. The minimum absolute atomic E-state index is 0.0596. The van der Waals surface area contributed by atoms with Crippen molar-refractivity contribution in [3.63, 3.8) is 0 Å². The molecule has 1 aliphatic rings.